The van der Waals surface area contributed by atoms with Crippen LogP contribution in [0.5, 0.6) is 0 Å². The molecule has 0 saturated carbocycles. The van der Waals surface area contributed by atoms with Crippen LogP contribution in [-0.4, -0.2) is 7.05 Å². The quantitative estimate of drug-likeness (QED) is 0.779. The number of nitrogens with one attached hydrogen (secondary N) is 1. The number of benzene rings is 2. The summed E-state index contributed by atoms with van der Waals surface area (Å²) in [5, 5.41) is 4.76. The molecule has 0 heterocycles. The van der Waals surface area contributed by atoms with Gasteiger partial charge in [-0.05, 0) is 30.3 Å². The predicted octanol–water partition coefficient (Wildman–Crippen LogP) is 5.01. The Bertz CT molecular complexity index is 558. The van der Waals surface area contributed by atoms with E-state index in [0.717, 1.165) is 32.8 Å². The molecular formula is C15H15Cl2NS. The largest absolute Gasteiger partial charge is 0.316 e. The maximum atomic E-state index is 6.29. The van der Waals surface area contributed by atoms with Gasteiger partial charge in [-0.15, -0.1) is 11.8 Å². The molecule has 2 aromatic carbocycles. The lowest BCUT2D eigenvalue weighted by Crippen LogP contribution is -2.06. The first-order chi connectivity index (χ1) is 9.22. The fourth-order valence-electron chi connectivity index (χ4n) is 1.81. The molecule has 0 unspecified atom stereocenters. The number of hydrogen-bond acceptors (Lipinski definition) is 2. The van der Waals surface area contributed by atoms with Gasteiger partial charge < -0.3 is 5.32 Å². The van der Waals surface area contributed by atoms with Gasteiger partial charge in [0.25, 0.3) is 0 Å². The van der Waals surface area contributed by atoms with Crippen LogP contribution >= 0.6 is 35.0 Å². The third-order valence-electron chi connectivity index (χ3n) is 2.75. The van der Waals surface area contributed by atoms with Crippen molar-refractivity contribution in [2.24, 2.45) is 0 Å². The SMILES string of the molecule is CNCc1cccc(Cl)c1SCc1ccccc1Cl. The lowest BCUT2D eigenvalue weighted by Gasteiger charge is -2.11. The molecule has 0 aliphatic carbocycles. The highest BCUT2D eigenvalue weighted by molar-refractivity contribution is 7.98. The van der Waals surface area contributed by atoms with E-state index in [1.165, 1.54) is 5.56 Å². The normalized spacial score (nSPS) is 10.7. The minimum atomic E-state index is 0.796. The number of rotatable bonds is 5. The molecule has 0 spiro atoms. The van der Waals surface area contributed by atoms with E-state index in [4.69, 9.17) is 23.2 Å². The van der Waals surface area contributed by atoms with E-state index in [0.29, 0.717) is 0 Å². The molecule has 1 N–H and O–H groups in total. The van der Waals surface area contributed by atoms with Crippen molar-refractivity contribution in [1.29, 1.82) is 0 Å². The van der Waals surface area contributed by atoms with E-state index in [-0.39, 0.29) is 0 Å². The van der Waals surface area contributed by atoms with Crippen molar-refractivity contribution in [2.75, 3.05) is 7.05 Å². The molecule has 0 bridgehead atoms. The fraction of sp³-hybridized carbons (Fsp3) is 0.200. The first-order valence-corrected chi connectivity index (χ1v) is 7.74. The number of halogens is 2. The third kappa shape index (κ3) is 3.90. The molecule has 2 aromatic rings. The van der Waals surface area contributed by atoms with Gasteiger partial charge in [0.15, 0.2) is 0 Å². The lowest BCUT2D eigenvalue weighted by atomic mass is 10.2. The van der Waals surface area contributed by atoms with Crippen LogP contribution in [0.2, 0.25) is 10.0 Å². The highest BCUT2D eigenvalue weighted by Gasteiger charge is 2.08. The van der Waals surface area contributed by atoms with Crippen molar-refractivity contribution in [3.8, 4) is 0 Å². The Labute approximate surface area is 128 Å². The van der Waals surface area contributed by atoms with Crippen LogP contribution in [0.3, 0.4) is 0 Å². The Hall–Kier alpha value is -0.670. The minimum Gasteiger partial charge on any atom is -0.316 e. The summed E-state index contributed by atoms with van der Waals surface area (Å²) < 4.78 is 0. The molecule has 19 heavy (non-hydrogen) atoms. The molecule has 100 valence electrons. The van der Waals surface area contributed by atoms with Gasteiger partial charge in [0.2, 0.25) is 0 Å². The fourth-order valence-corrected chi connectivity index (χ4v) is 3.53. The molecular weight excluding hydrogens is 297 g/mol. The van der Waals surface area contributed by atoms with E-state index in [9.17, 15) is 0 Å². The first-order valence-electron chi connectivity index (χ1n) is 6.00. The Morgan fingerprint density at radius 1 is 0.947 bits per heavy atom. The Kier molecular flexibility index (Phi) is 5.59. The van der Waals surface area contributed by atoms with Crippen molar-refractivity contribution >= 4 is 35.0 Å². The maximum absolute atomic E-state index is 6.29. The van der Waals surface area contributed by atoms with E-state index in [1.807, 2.05) is 43.4 Å². The molecule has 0 fully saturated rings. The van der Waals surface area contributed by atoms with Gasteiger partial charge in [-0.3, -0.25) is 0 Å². The van der Waals surface area contributed by atoms with Gasteiger partial charge in [0.1, 0.15) is 0 Å². The molecule has 0 amide bonds. The van der Waals surface area contributed by atoms with Gasteiger partial charge in [0.05, 0.1) is 5.02 Å². The minimum absolute atomic E-state index is 0.796. The van der Waals surface area contributed by atoms with E-state index < -0.39 is 0 Å². The van der Waals surface area contributed by atoms with Crippen LogP contribution < -0.4 is 5.32 Å². The van der Waals surface area contributed by atoms with E-state index >= 15 is 0 Å². The van der Waals surface area contributed by atoms with Crippen LogP contribution in [-0.2, 0) is 12.3 Å². The number of thioether (sulfide) groups is 1. The van der Waals surface area contributed by atoms with Crippen molar-refractivity contribution in [3.63, 3.8) is 0 Å². The van der Waals surface area contributed by atoms with E-state index in [2.05, 4.69) is 11.4 Å². The molecule has 4 heteroatoms. The lowest BCUT2D eigenvalue weighted by molar-refractivity contribution is 0.803. The molecule has 0 radical (unpaired) electrons. The van der Waals surface area contributed by atoms with Crippen LogP contribution in [0.4, 0.5) is 0 Å². The average molecular weight is 312 g/mol. The number of hydrogen-bond donors (Lipinski definition) is 1. The molecule has 0 saturated heterocycles. The molecule has 2 rings (SSSR count). The van der Waals surface area contributed by atoms with Crippen molar-refractivity contribution in [2.45, 2.75) is 17.2 Å². The smallest absolute Gasteiger partial charge is 0.0545 e. The van der Waals surface area contributed by atoms with Crippen LogP contribution in [0.15, 0.2) is 47.4 Å². The topological polar surface area (TPSA) is 12.0 Å². The predicted molar refractivity (Wildman–Crippen MR) is 85.2 cm³/mol. The van der Waals surface area contributed by atoms with Gasteiger partial charge in [-0.25, -0.2) is 0 Å². The second kappa shape index (κ2) is 7.20. The molecule has 1 nitrogen and oxygen atoms in total. The Morgan fingerprint density at radius 2 is 1.63 bits per heavy atom. The Balaban J connectivity index is 2.17. The van der Waals surface area contributed by atoms with Crippen molar-refractivity contribution < 1.29 is 0 Å². The zero-order valence-corrected chi connectivity index (χ0v) is 12.9. The van der Waals surface area contributed by atoms with Gasteiger partial charge >= 0.3 is 0 Å². The average Bonchev–Trinajstić information content (AvgIpc) is 2.40. The van der Waals surface area contributed by atoms with Crippen LogP contribution in [0.25, 0.3) is 0 Å². The maximum Gasteiger partial charge on any atom is 0.0545 e. The van der Waals surface area contributed by atoms with Crippen LogP contribution in [0, 0.1) is 0 Å². The summed E-state index contributed by atoms with van der Waals surface area (Å²) in [4.78, 5) is 1.12. The highest BCUT2D eigenvalue weighted by atomic mass is 35.5. The third-order valence-corrected chi connectivity index (χ3v) is 4.77. The Morgan fingerprint density at radius 3 is 2.37 bits per heavy atom. The van der Waals surface area contributed by atoms with Gasteiger partial charge in [-0.1, -0.05) is 53.5 Å². The standard InChI is InChI=1S/C15H15Cl2NS/c1-18-9-11-6-4-8-14(17)15(11)19-10-12-5-2-3-7-13(12)16/h2-8,18H,9-10H2,1H3. The van der Waals surface area contributed by atoms with E-state index in [1.54, 1.807) is 11.8 Å². The van der Waals surface area contributed by atoms with Crippen molar-refractivity contribution in [1.82, 2.24) is 5.32 Å². The summed E-state index contributed by atoms with van der Waals surface area (Å²) in [5.41, 5.74) is 2.34. The second-order valence-electron chi connectivity index (χ2n) is 4.14. The summed E-state index contributed by atoms with van der Waals surface area (Å²) in [5.74, 6) is 0.820. The zero-order valence-electron chi connectivity index (χ0n) is 10.6. The summed E-state index contributed by atoms with van der Waals surface area (Å²) in [6.07, 6.45) is 0. The molecule has 0 aliphatic heterocycles. The van der Waals surface area contributed by atoms with Crippen molar-refractivity contribution in [3.05, 3.63) is 63.6 Å². The molecule has 0 atom stereocenters. The van der Waals surface area contributed by atoms with Crippen LogP contribution in [0.1, 0.15) is 11.1 Å². The van der Waals surface area contributed by atoms with Gasteiger partial charge in [0, 0.05) is 22.2 Å². The summed E-state index contributed by atoms with van der Waals surface area (Å²) in [6, 6.07) is 13.9. The summed E-state index contributed by atoms with van der Waals surface area (Å²) in [7, 11) is 1.93. The monoisotopic (exact) mass is 311 g/mol. The molecule has 0 aromatic heterocycles. The first kappa shape index (κ1) is 14.7. The van der Waals surface area contributed by atoms with Gasteiger partial charge in [-0.2, -0.15) is 0 Å². The zero-order chi connectivity index (χ0) is 13.7. The summed E-state index contributed by atoms with van der Waals surface area (Å²) in [6.45, 7) is 0.811. The molecule has 0 aliphatic rings. The second-order valence-corrected chi connectivity index (χ2v) is 5.94. The summed E-state index contributed by atoms with van der Waals surface area (Å²) >= 11 is 14.2. The highest BCUT2D eigenvalue weighted by Crippen LogP contribution is 2.34.